The maximum Gasteiger partial charge on any atom is 0.222 e. The number of piperidine rings is 1. The van der Waals surface area contributed by atoms with E-state index in [2.05, 4.69) is 5.32 Å². The van der Waals surface area contributed by atoms with Gasteiger partial charge < -0.3 is 19.7 Å². The molecule has 2 aliphatic heterocycles. The van der Waals surface area contributed by atoms with Gasteiger partial charge in [-0.2, -0.15) is 0 Å². The van der Waals surface area contributed by atoms with Crippen LogP contribution in [0.5, 0.6) is 11.5 Å². The molecule has 0 bridgehead atoms. The van der Waals surface area contributed by atoms with Crippen LogP contribution in [0.15, 0.2) is 12.1 Å². The van der Waals surface area contributed by atoms with E-state index in [1.807, 2.05) is 17.0 Å². The highest BCUT2D eigenvalue weighted by Crippen LogP contribution is 2.33. The molecular weight excluding hydrogens is 304 g/mol. The van der Waals surface area contributed by atoms with E-state index in [9.17, 15) is 4.79 Å². The molecule has 1 amide bonds. The van der Waals surface area contributed by atoms with Gasteiger partial charge >= 0.3 is 0 Å². The molecule has 2 heterocycles. The highest BCUT2D eigenvalue weighted by atomic mass is 16.5. The number of methoxy groups -OCH3 is 2. The quantitative estimate of drug-likeness (QED) is 0.899. The molecule has 1 saturated heterocycles. The van der Waals surface area contributed by atoms with E-state index in [0.29, 0.717) is 18.9 Å². The fraction of sp³-hybridized carbons (Fsp3) is 0.632. The molecule has 1 N–H and O–H groups in total. The van der Waals surface area contributed by atoms with Crippen molar-refractivity contribution in [3.8, 4) is 11.5 Å². The van der Waals surface area contributed by atoms with Crippen molar-refractivity contribution in [1.82, 2.24) is 10.2 Å². The third-order valence-electron chi connectivity index (χ3n) is 5.24. The Balaban J connectivity index is 1.60. The second kappa shape index (κ2) is 7.88. The lowest BCUT2D eigenvalue weighted by atomic mass is 9.94. The Morgan fingerprint density at radius 2 is 2.00 bits per heavy atom. The molecule has 132 valence electrons. The largest absolute Gasteiger partial charge is 0.493 e. The highest BCUT2D eigenvalue weighted by molar-refractivity contribution is 5.76. The molecular formula is C19H28N2O3. The number of nitrogens with zero attached hydrogens (tertiary/aromatic N) is 1. The standard InChI is InChI=1S/C19H28N2O3/c1-23-17-10-15-7-9-21(13-16(15)11-18(17)24-2)19(22)6-5-14-4-3-8-20-12-14/h10-11,14,20H,3-9,12-13H2,1-2H3. The van der Waals surface area contributed by atoms with Gasteiger partial charge in [-0.05, 0) is 68.0 Å². The second-order valence-corrected chi connectivity index (χ2v) is 6.79. The minimum absolute atomic E-state index is 0.279. The Morgan fingerprint density at radius 1 is 1.25 bits per heavy atom. The van der Waals surface area contributed by atoms with E-state index in [1.165, 1.54) is 24.0 Å². The topological polar surface area (TPSA) is 50.8 Å². The smallest absolute Gasteiger partial charge is 0.222 e. The van der Waals surface area contributed by atoms with E-state index in [4.69, 9.17) is 9.47 Å². The Labute approximate surface area is 144 Å². The predicted octanol–water partition coefficient (Wildman–Crippen LogP) is 2.37. The Kier molecular flexibility index (Phi) is 5.61. The Morgan fingerprint density at radius 3 is 2.67 bits per heavy atom. The number of carbonyl (C=O) groups is 1. The third kappa shape index (κ3) is 3.83. The van der Waals surface area contributed by atoms with Gasteiger partial charge in [0.1, 0.15) is 0 Å². The first-order valence-electron chi connectivity index (χ1n) is 8.93. The minimum Gasteiger partial charge on any atom is -0.493 e. The van der Waals surface area contributed by atoms with Crippen LogP contribution in [0, 0.1) is 5.92 Å². The molecule has 0 spiro atoms. The van der Waals surface area contributed by atoms with E-state index < -0.39 is 0 Å². The van der Waals surface area contributed by atoms with Gasteiger partial charge in [-0.1, -0.05) is 0 Å². The van der Waals surface area contributed by atoms with Crippen molar-refractivity contribution in [3.63, 3.8) is 0 Å². The minimum atomic E-state index is 0.279. The van der Waals surface area contributed by atoms with Crippen molar-refractivity contribution in [1.29, 1.82) is 0 Å². The van der Waals surface area contributed by atoms with Crippen molar-refractivity contribution in [2.45, 2.75) is 38.6 Å². The number of nitrogens with one attached hydrogen (secondary N) is 1. The van der Waals surface area contributed by atoms with Crippen LogP contribution in [-0.4, -0.2) is 44.7 Å². The number of carbonyl (C=O) groups excluding carboxylic acids is 1. The Hall–Kier alpha value is -1.75. The van der Waals surface area contributed by atoms with Crippen LogP contribution < -0.4 is 14.8 Å². The van der Waals surface area contributed by atoms with Crippen molar-refractivity contribution in [3.05, 3.63) is 23.3 Å². The molecule has 0 radical (unpaired) electrons. The molecule has 5 heteroatoms. The zero-order valence-electron chi connectivity index (χ0n) is 14.8. The molecule has 2 aliphatic rings. The van der Waals surface area contributed by atoms with Gasteiger partial charge in [0.2, 0.25) is 5.91 Å². The summed E-state index contributed by atoms with van der Waals surface area (Å²) >= 11 is 0. The normalized spacial score (nSPS) is 20.4. The summed E-state index contributed by atoms with van der Waals surface area (Å²) < 4.78 is 10.8. The van der Waals surface area contributed by atoms with Gasteiger partial charge in [0, 0.05) is 19.5 Å². The van der Waals surface area contributed by atoms with Gasteiger partial charge in [0.25, 0.3) is 0 Å². The number of hydrogen-bond acceptors (Lipinski definition) is 4. The summed E-state index contributed by atoms with van der Waals surface area (Å²) in [7, 11) is 3.30. The van der Waals surface area contributed by atoms with Gasteiger partial charge in [-0.15, -0.1) is 0 Å². The zero-order chi connectivity index (χ0) is 16.9. The van der Waals surface area contributed by atoms with Crippen molar-refractivity contribution in [2.75, 3.05) is 33.9 Å². The third-order valence-corrected chi connectivity index (χ3v) is 5.24. The van der Waals surface area contributed by atoms with Crippen LogP contribution in [0.25, 0.3) is 0 Å². The fourth-order valence-electron chi connectivity index (χ4n) is 3.75. The van der Waals surface area contributed by atoms with E-state index in [1.54, 1.807) is 14.2 Å². The second-order valence-electron chi connectivity index (χ2n) is 6.79. The fourth-order valence-corrected chi connectivity index (χ4v) is 3.75. The molecule has 1 fully saturated rings. The summed E-state index contributed by atoms with van der Waals surface area (Å²) in [4.78, 5) is 14.6. The monoisotopic (exact) mass is 332 g/mol. The van der Waals surface area contributed by atoms with Crippen LogP contribution in [-0.2, 0) is 17.8 Å². The van der Waals surface area contributed by atoms with Crippen LogP contribution in [0.1, 0.15) is 36.8 Å². The van der Waals surface area contributed by atoms with E-state index in [0.717, 1.165) is 44.0 Å². The molecule has 1 unspecified atom stereocenters. The summed E-state index contributed by atoms with van der Waals surface area (Å²) in [6.45, 7) is 3.66. The van der Waals surface area contributed by atoms with Crippen LogP contribution in [0.4, 0.5) is 0 Å². The van der Waals surface area contributed by atoms with Crippen LogP contribution in [0.3, 0.4) is 0 Å². The van der Waals surface area contributed by atoms with E-state index in [-0.39, 0.29) is 5.91 Å². The summed E-state index contributed by atoms with van der Waals surface area (Å²) in [5.74, 6) is 2.43. The van der Waals surface area contributed by atoms with Crippen molar-refractivity contribution in [2.24, 2.45) is 5.92 Å². The average Bonchev–Trinajstić information content (AvgIpc) is 2.65. The summed E-state index contributed by atoms with van der Waals surface area (Å²) in [6.07, 6.45) is 5.03. The highest BCUT2D eigenvalue weighted by Gasteiger charge is 2.23. The molecule has 0 aliphatic carbocycles. The van der Waals surface area contributed by atoms with Crippen molar-refractivity contribution < 1.29 is 14.3 Å². The first-order valence-corrected chi connectivity index (χ1v) is 8.93. The maximum absolute atomic E-state index is 12.6. The first kappa shape index (κ1) is 17.1. The molecule has 3 rings (SSSR count). The number of amides is 1. The van der Waals surface area contributed by atoms with Gasteiger partial charge in [-0.25, -0.2) is 0 Å². The molecule has 0 aromatic heterocycles. The van der Waals surface area contributed by atoms with Gasteiger partial charge in [-0.3, -0.25) is 4.79 Å². The number of rotatable bonds is 5. The summed E-state index contributed by atoms with van der Waals surface area (Å²) in [6, 6.07) is 4.06. The molecule has 0 saturated carbocycles. The Bertz CT molecular complexity index is 582. The lowest BCUT2D eigenvalue weighted by Gasteiger charge is -2.30. The lowest BCUT2D eigenvalue weighted by molar-refractivity contribution is -0.132. The zero-order valence-corrected chi connectivity index (χ0v) is 14.8. The van der Waals surface area contributed by atoms with Crippen molar-refractivity contribution >= 4 is 5.91 Å². The van der Waals surface area contributed by atoms with Crippen LogP contribution in [0.2, 0.25) is 0 Å². The number of hydrogen-bond donors (Lipinski definition) is 1. The summed E-state index contributed by atoms with van der Waals surface area (Å²) in [5, 5.41) is 3.42. The van der Waals surface area contributed by atoms with Crippen LogP contribution >= 0.6 is 0 Å². The molecule has 24 heavy (non-hydrogen) atoms. The molecule has 5 nitrogen and oxygen atoms in total. The first-order chi connectivity index (χ1) is 11.7. The SMILES string of the molecule is COc1cc2c(cc1OC)CN(C(=O)CCC1CCCNC1)CC2. The van der Waals surface area contributed by atoms with E-state index >= 15 is 0 Å². The molecule has 1 aromatic rings. The maximum atomic E-state index is 12.6. The number of ether oxygens (including phenoxy) is 2. The average molecular weight is 332 g/mol. The van der Waals surface area contributed by atoms with Gasteiger partial charge in [0.05, 0.1) is 14.2 Å². The molecule has 1 aromatic carbocycles. The number of benzene rings is 1. The summed E-state index contributed by atoms with van der Waals surface area (Å²) in [5.41, 5.74) is 2.43. The van der Waals surface area contributed by atoms with Gasteiger partial charge in [0.15, 0.2) is 11.5 Å². The molecule has 1 atom stereocenters. The number of fused-ring (bicyclic) bond motifs is 1. The lowest BCUT2D eigenvalue weighted by Crippen LogP contribution is -2.37. The predicted molar refractivity (Wildman–Crippen MR) is 93.5 cm³/mol.